The Labute approximate surface area is 168 Å². The molecule has 0 saturated carbocycles. The zero-order valence-electron chi connectivity index (χ0n) is 15.3. The number of rotatable bonds is 4. The van der Waals surface area contributed by atoms with E-state index in [0.29, 0.717) is 16.3 Å². The van der Waals surface area contributed by atoms with E-state index < -0.39 is 0 Å². The van der Waals surface area contributed by atoms with E-state index in [2.05, 4.69) is 10.4 Å². The van der Waals surface area contributed by atoms with Crippen molar-refractivity contribution in [2.24, 2.45) is 0 Å². The summed E-state index contributed by atoms with van der Waals surface area (Å²) in [6.07, 6.45) is 1.60. The fourth-order valence-electron chi connectivity index (χ4n) is 3.07. The number of halogens is 1. The second kappa shape index (κ2) is 7.71. The van der Waals surface area contributed by atoms with Crippen LogP contribution in [0.25, 0.3) is 16.9 Å². The van der Waals surface area contributed by atoms with Gasteiger partial charge < -0.3 is 5.32 Å². The van der Waals surface area contributed by atoms with E-state index in [1.807, 2.05) is 73.7 Å². The Kier molecular flexibility index (Phi) is 4.96. The van der Waals surface area contributed by atoms with Crippen molar-refractivity contribution in [1.82, 2.24) is 9.78 Å². The first-order chi connectivity index (χ1) is 13.6. The van der Waals surface area contributed by atoms with Crippen molar-refractivity contribution in [2.75, 3.05) is 5.32 Å². The minimum Gasteiger partial charge on any atom is -0.322 e. The predicted octanol–water partition coefficient (Wildman–Crippen LogP) is 5.75. The number of hydrogen-bond acceptors (Lipinski definition) is 2. The van der Waals surface area contributed by atoms with Crippen LogP contribution >= 0.6 is 11.6 Å². The first-order valence-corrected chi connectivity index (χ1v) is 9.27. The highest BCUT2D eigenvalue weighted by atomic mass is 35.5. The number of aryl methyl sites for hydroxylation is 1. The molecule has 0 aliphatic carbocycles. The lowest BCUT2D eigenvalue weighted by molar-refractivity contribution is 0.102. The van der Waals surface area contributed by atoms with E-state index in [1.54, 1.807) is 23.0 Å². The zero-order chi connectivity index (χ0) is 19.5. The van der Waals surface area contributed by atoms with Gasteiger partial charge in [0, 0.05) is 16.3 Å². The van der Waals surface area contributed by atoms with E-state index in [-0.39, 0.29) is 5.91 Å². The minimum atomic E-state index is -0.230. The molecule has 0 saturated heterocycles. The van der Waals surface area contributed by atoms with Crippen LogP contribution in [0.4, 0.5) is 5.69 Å². The lowest BCUT2D eigenvalue weighted by atomic mass is 10.1. The number of anilines is 1. The van der Waals surface area contributed by atoms with E-state index in [0.717, 1.165) is 22.5 Å². The van der Waals surface area contributed by atoms with Gasteiger partial charge in [-0.3, -0.25) is 4.79 Å². The molecule has 0 unspecified atom stereocenters. The maximum atomic E-state index is 13.1. The number of nitrogens with one attached hydrogen (secondary N) is 1. The molecule has 1 amide bonds. The summed E-state index contributed by atoms with van der Waals surface area (Å²) in [6.45, 7) is 1.93. The molecular formula is C23H18ClN3O. The van der Waals surface area contributed by atoms with Gasteiger partial charge in [-0.15, -0.1) is 0 Å². The van der Waals surface area contributed by atoms with Gasteiger partial charge in [0.15, 0.2) is 0 Å². The highest BCUT2D eigenvalue weighted by molar-refractivity contribution is 6.31. The van der Waals surface area contributed by atoms with Crippen molar-refractivity contribution in [3.63, 3.8) is 0 Å². The van der Waals surface area contributed by atoms with Gasteiger partial charge in [0.05, 0.1) is 23.1 Å². The van der Waals surface area contributed by atoms with Gasteiger partial charge in [-0.05, 0) is 36.8 Å². The van der Waals surface area contributed by atoms with Crippen LogP contribution in [0, 0.1) is 6.92 Å². The number of carbonyl (C=O) groups is 1. The lowest BCUT2D eigenvalue weighted by Crippen LogP contribution is -2.14. The number of hydrogen-bond donors (Lipinski definition) is 1. The van der Waals surface area contributed by atoms with E-state index in [1.165, 1.54) is 0 Å². The summed E-state index contributed by atoms with van der Waals surface area (Å²) in [7, 11) is 0. The lowest BCUT2D eigenvalue weighted by Gasteiger charge is -2.12. The maximum Gasteiger partial charge on any atom is 0.259 e. The SMILES string of the molecule is Cc1ccc(Cl)cc1NC(=O)c1cnn(-c2ccccc2)c1-c1ccccc1. The van der Waals surface area contributed by atoms with Crippen molar-refractivity contribution >= 4 is 23.2 Å². The van der Waals surface area contributed by atoms with Gasteiger partial charge in [-0.2, -0.15) is 5.10 Å². The molecule has 4 aromatic rings. The van der Waals surface area contributed by atoms with Crippen molar-refractivity contribution in [3.8, 4) is 16.9 Å². The molecule has 3 aromatic carbocycles. The van der Waals surface area contributed by atoms with Crippen LogP contribution in [0.1, 0.15) is 15.9 Å². The minimum absolute atomic E-state index is 0.230. The van der Waals surface area contributed by atoms with Gasteiger partial charge in [0.2, 0.25) is 0 Å². The fraction of sp³-hybridized carbons (Fsp3) is 0.0435. The average molecular weight is 388 g/mol. The van der Waals surface area contributed by atoms with Crippen LogP contribution in [0.3, 0.4) is 0 Å². The van der Waals surface area contributed by atoms with Crippen molar-refractivity contribution in [3.05, 3.63) is 101 Å². The number of nitrogens with zero attached hydrogens (tertiary/aromatic N) is 2. The van der Waals surface area contributed by atoms with Crippen molar-refractivity contribution in [2.45, 2.75) is 6.92 Å². The van der Waals surface area contributed by atoms with E-state index >= 15 is 0 Å². The van der Waals surface area contributed by atoms with Crippen molar-refractivity contribution in [1.29, 1.82) is 0 Å². The van der Waals surface area contributed by atoms with E-state index in [4.69, 9.17) is 11.6 Å². The van der Waals surface area contributed by atoms with Crippen LogP contribution in [-0.4, -0.2) is 15.7 Å². The number of amides is 1. The molecular weight excluding hydrogens is 370 g/mol. The van der Waals surface area contributed by atoms with Crippen LogP contribution in [0.15, 0.2) is 85.1 Å². The molecule has 1 N–H and O–H groups in total. The molecule has 4 nitrogen and oxygen atoms in total. The summed E-state index contributed by atoms with van der Waals surface area (Å²) in [5, 5.41) is 8.03. The summed E-state index contributed by atoms with van der Waals surface area (Å²) in [4.78, 5) is 13.1. The summed E-state index contributed by atoms with van der Waals surface area (Å²) >= 11 is 6.09. The third-order valence-corrected chi connectivity index (χ3v) is 4.74. The van der Waals surface area contributed by atoms with Gasteiger partial charge in [0.1, 0.15) is 0 Å². The molecule has 0 aliphatic rings. The van der Waals surface area contributed by atoms with Crippen LogP contribution in [0.5, 0.6) is 0 Å². The average Bonchev–Trinajstić information content (AvgIpc) is 3.17. The summed E-state index contributed by atoms with van der Waals surface area (Å²) < 4.78 is 1.79. The van der Waals surface area contributed by atoms with Gasteiger partial charge >= 0.3 is 0 Å². The number of aromatic nitrogens is 2. The third kappa shape index (κ3) is 3.55. The molecule has 0 radical (unpaired) electrons. The molecule has 0 atom stereocenters. The van der Waals surface area contributed by atoms with Crippen LogP contribution in [-0.2, 0) is 0 Å². The molecule has 4 rings (SSSR count). The summed E-state index contributed by atoms with van der Waals surface area (Å²) in [5.41, 5.74) is 4.66. The zero-order valence-corrected chi connectivity index (χ0v) is 16.0. The topological polar surface area (TPSA) is 46.9 Å². The molecule has 0 aliphatic heterocycles. The Balaban J connectivity index is 1.80. The van der Waals surface area contributed by atoms with Crippen molar-refractivity contribution < 1.29 is 4.79 Å². The summed E-state index contributed by atoms with van der Waals surface area (Å²) in [6, 6.07) is 25.0. The number of para-hydroxylation sites is 1. The monoisotopic (exact) mass is 387 g/mol. The highest BCUT2D eigenvalue weighted by Crippen LogP contribution is 2.28. The van der Waals surface area contributed by atoms with Crippen LogP contribution < -0.4 is 5.32 Å². The highest BCUT2D eigenvalue weighted by Gasteiger charge is 2.20. The normalized spacial score (nSPS) is 10.6. The van der Waals surface area contributed by atoms with Crippen LogP contribution in [0.2, 0.25) is 5.02 Å². The second-order valence-electron chi connectivity index (χ2n) is 6.43. The Bertz CT molecular complexity index is 1120. The molecule has 1 heterocycles. The van der Waals surface area contributed by atoms with Gasteiger partial charge in [-0.25, -0.2) is 4.68 Å². The molecule has 138 valence electrons. The predicted molar refractivity (Wildman–Crippen MR) is 113 cm³/mol. The molecule has 0 spiro atoms. The third-order valence-electron chi connectivity index (χ3n) is 4.51. The van der Waals surface area contributed by atoms with Gasteiger partial charge in [-0.1, -0.05) is 66.2 Å². The first kappa shape index (κ1) is 18.0. The summed E-state index contributed by atoms with van der Waals surface area (Å²) in [5.74, 6) is -0.230. The van der Waals surface area contributed by atoms with Gasteiger partial charge in [0.25, 0.3) is 5.91 Å². The molecule has 1 aromatic heterocycles. The Morgan fingerprint density at radius 1 is 0.964 bits per heavy atom. The first-order valence-electron chi connectivity index (χ1n) is 8.90. The number of carbonyl (C=O) groups excluding carboxylic acids is 1. The quantitative estimate of drug-likeness (QED) is 0.484. The maximum absolute atomic E-state index is 13.1. The molecule has 0 bridgehead atoms. The smallest absolute Gasteiger partial charge is 0.259 e. The Morgan fingerprint density at radius 2 is 1.64 bits per heavy atom. The molecule has 5 heteroatoms. The fourth-order valence-corrected chi connectivity index (χ4v) is 3.24. The standard InChI is InChI=1S/C23H18ClN3O/c1-16-12-13-18(24)14-21(16)26-23(28)20-15-25-27(19-10-6-3-7-11-19)22(20)17-8-4-2-5-9-17/h2-15H,1H3,(H,26,28). The Morgan fingerprint density at radius 3 is 2.36 bits per heavy atom. The Hall–Kier alpha value is -3.37. The molecule has 0 fully saturated rings. The number of benzene rings is 3. The second-order valence-corrected chi connectivity index (χ2v) is 6.87. The largest absolute Gasteiger partial charge is 0.322 e. The van der Waals surface area contributed by atoms with E-state index in [9.17, 15) is 4.79 Å². The molecule has 28 heavy (non-hydrogen) atoms.